The fourth-order valence-corrected chi connectivity index (χ4v) is 3.84. The predicted octanol–water partition coefficient (Wildman–Crippen LogP) is 4.51. The van der Waals surface area contributed by atoms with Gasteiger partial charge in [0.15, 0.2) is 0 Å². The van der Waals surface area contributed by atoms with Gasteiger partial charge in [-0.2, -0.15) is 0 Å². The predicted molar refractivity (Wildman–Crippen MR) is 104 cm³/mol. The normalized spacial score (nSPS) is 13.6. The number of carbonyl (C=O) groups excluding carboxylic acids is 1. The summed E-state index contributed by atoms with van der Waals surface area (Å²) in [4.78, 5) is 25.5. The molecule has 2 aromatic rings. The van der Waals surface area contributed by atoms with Gasteiger partial charge in [-0.05, 0) is 35.6 Å². The summed E-state index contributed by atoms with van der Waals surface area (Å²) < 4.78 is 5.59. The molecule has 0 unspecified atom stereocenters. The molecule has 1 N–H and O–H groups in total. The van der Waals surface area contributed by atoms with E-state index in [1.807, 2.05) is 31.2 Å². The van der Waals surface area contributed by atoms with Gasteiger partial charge in [0.05, 0.1) is 0 Å². The Morgan fingerprint density at radius 3 is 2.07 bits per heavy atom. The molecule has 5 heteroatoms. The maximum absolute atomic E-state index is 12.6. The molecular weight excluding hydrogens is 342 g/mol. The summed E-state index contributed by atoms with van der Waals surface area (Å²) in [7, 11) is 0. The molecule has 0 spiro atoms. The van der Waals surface area contributed by atoms with Crippen LogP contribution in [0.5, 0.6) is 0 Å². The van der Waals surface area contributed by atoms with E-state index in [1.54, 1.807) is 6.92 Å². The molecule has 5 nitrogen and oxygen atoms in total. The van der Waals surface area contributed by atoms with Gasteiger partial charge >= 0.3 is 12.1 Å². The summed E-state index contributed by atoms with van der Waals surface area (Å²) >= 11 is 0. The van der Waals surface area contributed by atoms with Crippen LogP contribution in [-0.4, -0.2) is 41.3 Å². The van der Waals surface area contributed by atoms with Gasteiger partial charge in [-0.1, -0.05) is 61.9 Å². The van der Waals surface area contributed by atoms with E-state index in [0.29, 0.717) is 19.4 Å². The zero-order chi connectivity index (χ0) is 19.4. The van der Waals surface area contributed by atoms with Crippen LogP contribution in [0.4, 0.5) is 4.79 Å². The zero-order valence-corrected chi connectivity index (χ0v) is 15.7. The van der Waals surface area contributed by atoms with E-state index < -0.39 is 18.1 Å². The summed E-state index contributed by atoms with van der Waals surface area (Å²) in [5, 5.41) is 9.45. The van der Waals surface area contributed by atoms with Crippen LogP contribution in [0.2, 0.25) is 0 Å². The van der Waals surface area contributed by atoms with Gasteiger partial charge in [0, 0.05) is 12.5 Å². The van der Waals surface area contributed by atoms with Crippen molar-refractivity contribution in [1.29, 1.82) is 0 Å². The minimum atomic E-state index is -0.993. The van der Waals surface area contributed by atoms with Crippen molar-refractivity contribution >= 4 is 12.1 Å². The van der Waals surface area contributed by atoms with Crippen LogP contribution in [0.15, 0.2) is 48.5 Å². The molecule has 0 saturated heterocycles. The molecule has 1 atom stereocenters. The third-order valence-corrected chi connectivity index (χ3v) is 5.13. The molecule has 0 aromatic heterocycles. The molecule has 0 bridgehead atoms. The Labute approximate surface area is 159 Å². The Morgan fingerprint density at radius 1 is 1.04 bits per heavy atom. The van der Waals surface area contributed by atoms with Crippen LogP contribution in [-0.2, 0) is 9.53 Å². The van der Waals surface area contributed by atoms with Gasteiger partial charge in [0.1, 0.15) is 12.6 Å². The SMILES string of the molecule is CCC[C@H](C(=O)O)N(CC)C(=O)OCC1c2ccccc2-c2ccccc21. The number of benzene rings is 2. The molecule has 0 fully saturated rings. The lowest BCUT2D eigenvalue weighted by Gasteiger charge is -2.27. The standard InChI is InChI=1S/C22H25NO4/c1-3-9-20(21(24)25)23(4-2)22(26)27-14-19-17-12-7-5-10-15(17)16-11-6-8-13-18(16)19/h5-8,10-13,19-20H,3-4,9,14H2,1-2H3,(H,24,25)/t20-/m1/s1. The number of ether oxygens (including phenoxy) is 1. The minimum Gasteiger partial charge on any atom is -0.480 e. The van der Waals surface area contributed by atoms with Crippen LogP contribution >= 0.6 is 0 Å². The molecule has 27 heavy (non-hydrogen) atoms. The topological polar surface area (TPSA) is 66.8 Å². The number of rotatable bonds is 7. The van der Waals surface area contributed by atoms with Gasteiger partial charge in [-0.3, -0.25) is 4.90 Å². The van der Waals surface area contributed by atoms with Crippen molar-refractivity contribution in [3.05, 3.63) is 59.7 Å². The lowest BCUT2D eigenvalue weighted by atomic mass is 9.98. The highest BCUT2D eigenvalue weighted by Gasteiger charge is 2.32. The van der Waals surface area contributed by atoms with E-state index in [0.717, 1.165) is 22.3 Å². The highest BCUT2D eigenvalue weighted by Crippen LogP contribution is 2.44. The first-order chi connectivity index (χ1) is 13.1. The molecule has 1 aliphatic rings. The van der Waals surface area contributed by atoms with E-state index in [4.69, 9.17) is 4.74 Å². The summed E-state index contributed by atoms with van der Waals surface area (Å²) in [5.74, 6) is -1.03. The highest BCUT2D eigenvalue weighted by molar-refractivity contribution is 5.81. The van der Waals surface area contributed by atoms with Crippen molar-refractivity contribution in [3.63, 3.8) is 0 Å². The molecule has 0 heterocycles. The first-order valence-electron chi connectivity index (χ1n) is 9.42. The second-order valence-corrected chi connectivity index (χ2v) is 6.73. The maximum atomic E-state index is 12.6. The monoisotopic (exact) mass is 367 g/mol. The first kappa shape index (κ1) is 19.0. The number of likely N-dealkylation sites (N-methyl/N-ethyl adjacent to an activating group) is 1. The average molecular weight is 367 g/mol. The van der Waals surface area contributed by atoms with Gasteiger partial charge in [0.2, 0.25) is 0 Å². The minimum absolute atomic E-state index is 0.0329. The number of hydrogen-bond donors (Lipinski definition) is 1. The van der Waals surface area contributed by atoms with Crippen molar-refractivity contribution in [1.82, 2.24) is 4.90 Å². The number of carboxylic acids is 1. The molecule has 3 rings (SSSR count). The van der Waals surface area contributed by atoms with Crippen molar-refractivity contribution in [2.75, 3.05) is 13.2 Å². The zero-order valence-electron chi connectivity index (χ0n) is 15.7. The second kappa shape index (κ2) is 8.25. The number of hydrogen-bond acceptors (Lipinski definition) is 3. The van der Waals surface area contributed by atoms with Crippen LogP contribution in [0, 0.1) is 0 Å². The summed E-state index contributed by atoms with van der Waals surface area (Å²) in [6, 6.07) is 15.4. The number of nitrogens with zero attached hydrogens (tertiary/aromatic N) is 1. The van der Waals surface area contributed by atoms with E-state index in [9.17, 15) is 14.7 Å². The molecular formula is C22H25NO4. The fraction of sp³-hybridized carbons (Fsp3) is 0.364. The quantitative estimate of drug-likeness (QED) is 0.782. The lowest BCUT2D eigenvalue weighted by Crippen LogP contribution is -2.45. The van der Waals surface area contributed by atoms with Crippen molar-refractivity contribution in [3.8, 4) is 11.1 Å². The Bertz CT molecular complexity index is 787. The first-order valence-corrected chi connectivity index (χ1v) is 9.42. The van der Waals surface area contributed by atoms with Crippen LogP contribution in [0.3, 0.4) is 0 Å². The number of fused-ring (bicyclic) bond motifs is 3. The number of amides is 1. The van der Waals surface area contributed by atoms with Crippen molar-refractivity contribution in [2.24, 2.45) is 0 Å². The fourth-order valence-electron chi connectivity index (χ4n) is 3.84. The largest absolute Gasteiger partial charge is 0.480 e. The van der Waals surface area contributed by atoms with Gasteiger partial charge < -0.3 is 9.84 Å². The van der Waals surface area contributed by atoms with Crippen LogP contribution in [0.1, 0.15) is 43.7 Å². The summed E-state index contributed by atoms with van der Waals surface area (Å²) in [6.07, 6.45) is 0.525. The summed E-state index contributed by atoms with van der Waals surface area (Å²) in [6.45, 7) is 4.17. The Kier molecular flexibility index (Phi) is 5.79. The Morgan fingerprint density at radius 2 is 1.59 bits per heavy atom. The maximum Gasteiger partial charge on any atom is 0.410 e. The van der Waals surface area contributed by atoms with E-state index in [-0.39, 0.29) is 12.5 Å². The Hall–Kier alpha value is -2.82. The highest BCUT2D eigenvalue weighted by atomic mass is 16.6. The van der Waals surface area contributed by atoms with Crippen LogP contribution < -0.4 is 0 Å². The lowest BCUT2D eigenvalue weighted by molar-refractivity contribution is -0.143. The Balaban J connectivity index is 1.78. The number of aliphatic carboxylic acids is 1. The average Bonchev–Trinajstić information content (AvgIpc) is 3.00. The number of carboxylic acid groups (broad SMARTS) is 1. The molecule has 1 amide bonds. The molecule has 0 aliphatic heterocycles. The van der Waals surface area contributed by atoms with E-state index in [1.165, 1.54) is 4.90 Å². The molecule has 0 saturated carbocycles. The smallest absolute Gasteiger partial charge is 0.410 e. The van der Waals surface area contributed by atoms with Crippen molar-refractivity contribution in [2.45, 2.75) is 38.6 Å². The second-order valence-electron chi connectivity index (χ2n) is 6.73. The molecule has 0 radical (unpaired) electrons. The van der Waals surface area contributed by atoms with Gasteiger partial charge in [-0.25, -0.2) is 9.59 Å². The molecule has 2 aromatic carbocycles. The van der Waals surface area contributed by atoms with Gasteiger partial charge in [0.25, 0.3) is 0 Å². The number of carbonyl (C=O) groups is 2. The molecule has 1 aliphatic carbocycles. The molecule has 142 valence electrons. The third kappa shape index (κ3) is 3.68. The van der Waals surface area contributed by atoms with Gasteiger partial charge in [-0.15, -0.1) is 0 Å². The van der Waals surface area contributed by atoms with E-state index >= 15 is 0 Å². The van der Waals surface area contributed by atoms with Crippen LogP contribution in [0.25, 0.3) is 11.1 Å². The van der Waals surface area contributed by atoms with Crippen molar-refractivity contribution < 1.29 is 19.4 Å². The summed E-state index contributed by atoms with van der Waals surface area (Å²) in [5.41, 5.74) is 4.60. The van der Waals surface area contributed by atoms with E-state index in [2.05, 4.69) is 24.3 Å². The third-order valence-electron chi connectivity index (χ3n) is 5.13.